The Morgan fingerprint density at radius 1 is 1.55 bits per heavy atom. The van der Waals surface area contributed by atoms with Crippen molar-refractivity contribution >= 4 is 51.6 Å². The van der Waals surface area contributed by atoms with Gasteiger partial charge in [0.2, 0.25) is 10.0 Å². The Morgan fingerprint density at radius 2 is 2.18 bits per heavy atom. The second-order valence-electron chi connectivity index (χ2n) is 4.72. The van der Waals surface area contributed by atoms with Crippen LogP contribution in [0.2, 0.25) is 5.02 Å². The summed E-state index contributed by atoms with van der Waals surface area (Å²) in [7, 11) is 0.293. The van der Waals surface area contributed by atoms with Crippen molar-refractivity contribution in [1.82, 2.24) is 14.8 Å². The van der Waals surface area contributed by atoms with Crippen molar-refractivity contribution in [2.45, 2.75) is 13.5 Å². The van der Waals surface area contributed by atoms with Crippen molar-refractivity contribution < 1.29 is 8.42 Å². The van der Waals surface area contributed by atoms with E-state index in [1.807, 2.05) is 42.7 Å². The van der Waals surface area contributed by atoms with Crippen LogP contribution in [0.3, 0.4) is 0 Å². The van der Waals surface area contributed by atoms with Gasteiger partial charge in [-0.2, -0.15) is 0 Å². The van der Waals surface area contributed by atoms with Gasteiger partial charge in [-0.25, -0.2) is 13.6 Å². The molecule has 0 aromatic carbocycles. The maximum atomic E-state index is 10.9. The van der Waals surface area contributed by atoms with Crippen LogP contribution in [0.4, 0.5) is 0 Å². The van der Waals surface area contributed by atoms with Crippen LogP contribution >= 0.6 is 35.6 Å². The molecule has 0 saturated heterocycles. The van der Waals surface area contributed by atoms with E-state index in [-0.39, 0.29) is 36.3 Å². The minimum atomic E-state index is -3.50. The number of rotatable bonds is 6. The number of nitrogens with one attached hydrogen (secondary N) is 1. The Balaban J connectivity index is 0.00000441. The molecule has 0 aliphatic rings. The maximum absolute atomic E-state index is 10.9. The van der Waals surface area contributed by atoms with E-state index in [4.69, 9.17) is 16.7 Å². The summed E-state index contributed by atoms with van der Waals surface area (Å²) in [6, 6.07) is 1.88. The molecule has 0 radical (unpaired) electrons. The lowest BCUT2D eigenvalue weighted by atomic mass is 10.4. The number of aromatic nitrogens is 1. The lowest BCUT2D eigenvalue weighted by molar-refractivity contribution is 0.462. The van der Waals surface area contributed by atoms with Crippen LogP contribution in [-0.4, -0.2) is 49.7 Å². The normalized spacial score (nSPS) is 12.0. The molecule has 3 N–H and O–H groups in total. The van der Waals surface area contributed by atoms with Gasteiger partial charge in [0.05, 0.1) is 23.9 Å². The predicted molar refractivity (Wildman–Crippen MR) is 101 cm³/mol. The highest BCUT2D eigenvalue weighted by atomic mass is 127. The van der Waals surface area contributed by atoms with Crippen LogP contribution < -0.4 is 10.5 Å². The van der Waals surface area contributed by atoms with Crippen LogP contribution in [0, 0.1) is 0 Å². The molecular formula is C12H23ClIN5O2S. The molecule has 1 aromatic heterocycles. The van der Waals surface area contributed by atoms with E-state index in [0.29, 0.717) is 24.1 Å². The third-order valence-electron chi connectivity index (χ3n) is 2.81. The summed E-state index contributed by atoms with van der Waals surface area (Å²) < 4.78 is 23.8. The molecule has 0 atom stereocenters. The molecule has 0 fully saturated rings. The molecule has 1 heterocycles. The Morgan fingerprint density at radius 3 is 2.64 bits per heavy atom. The minimum Gasteiger partial charge on any atom is -0.357 e. The highest BCUT2D eigenvalue weighted by molar-refractivity contribution is 14.0. The van der Waals surface area contributed by atoms with Gasteiger partial charge in [0.1, 0.15) is 0 Å². The Labute approximate surface area is 154 Å². The summed E-state index contributed by atoms with van der Waals surface area (Å²) in [6.07, 6.45) is 1.83. The van der Waals surface area contributed by atoms with Crippen LogP contribution in [-0.2, 0) is 23.6 Å². The van der Waals surface area contributed by atoms with Gasteiger partial charge in [-0.05, 0) is 13.0 Å². The smallest absolute Gasteiger partial charge is 0.210 e. The number of nitrogens with two attached hydrogens (primary N) is 1. The zero-order chi connectivity index (χ0) is 16.0. The molecule has 128 valence electrons. The summed E-state index contributed by atoms with van der Waals surface area (Å²) in [6.45, 7) is 3.36. The molecule has 7 nitrogen and oxygen atoms in total. The van der Waals surface area contributed by atoms with Gasteiger partial charge in [0.15, 0.2) is 5.96 Å². The summed E-state index contributed by atoms with van der Waals surface area (Å²) in [4.78, 5) is 6.16. The molecule has 10 heteroatoms. The Bertz CT molecular complexity index is 603. The number of sulfonamides is 1. The topological polar surface area (TPSA) is 92.7 Å². The highest BCUT2D eigenvalue weighted by Gasteiger charge is 2.10. The van der Waals surface area contributed by atoms with E-state index in [2.05, 4.69) is 10.3 Å². The van der Waals surface area contributed by atoms with Crippen LogP contribution in [0.15, 0.2) is 17.3 Å². The zero-order valence-corrected chi connectivity index (χ0v) is 16.8. The van der Waals surface area contributed by atoms with Crippen molar-refractivity contribution in [2.24, 2.45) is 17.2 Å². The first-order valence-corrected chi connectivity index (χ1v) is 8.63. The van der Waals surface area contributed by atoms with Crippen molar-refractivity contribution in [3.8, 4) is 0 Å². The first kappa shape index (κ1) is 21.5. The van der Waals surface area contributed by atoms with Crippen molar-refractivity contribution in [3.05, 3.63) is 23.0 Å². The molecular weight excluding hydrogens is 441 g/mol. The maximum Gasteiger partial charge on any atom is 0.210 e. The van der Waals surface area contributed by atoms with Crippen molar-refractivity contribution in [2.75, 3.05) is 25.9 Å². The minimum absolute atomic E-state index is 0. The molecule has 0 bridgehead atoms. The van der Waals surface area contributed by atoms with Gasteiger partial charge in [-0.1, -0.05) is 11.6 Å². The van der Waals surface area contributed by atoms with Crippen LogP contribution in [0.1, 0.15) is 12.6 Å². The van der Waals surface area contributed by atoms with E-state index in [0.717, 1.165) is 5.69 Å². The molecule has 0 spiro atoms. The molecule has 1 rings (SSSR count). The van der Waals surface area contributed by atoms with E-state index in [1.165, 1.54) is 0 Å². The first-order valence-electron chi connectivity index (χ1n) is 6.53. The Kier molecular flexibility index (Phi) is 9.35. The highest BCUT2D eigenvalue weighted by Crippen LogP contribution is 2.14. The van der Waals surface area contributed by atoms with Gasteiger partial charge in [0, 0.05) is 32.5 Å². The lowest BCUT2D eigenvalue weighted by Crippen LogP contribution is -2.39. The number of hydrogen-bond acceptors (Lipinski definition) is 3. The summed E-state index contributed by atoms with van der Waals surface area (Å²) in [5.41, 5.74) is 1.03. The average molecular weight is 464 g/mol. The summed E-state index contributed by atoms with van der Waals surface area (Å²) >= 11 is 5.96. The SMILES string of the molecule is CCNC(=NCCS(N)(=O)=O)N(C)Cc1cc(Cl)cn1C.I. The number of nitrogens with zero attached hydrogens (tertiary/aromatic N) is 3. The van der Waals surface area contributed by atoms with Gasteiger partial charge in [-0.15, -0.1) is 24.0 Å². The van der Waals surface area contributed by atoms with E-state index >= 15 is 0 Å². The first-order chi connectivity index (χ1) is 9.73. The monoisotopic (exact) mass is 463 g/mol. The fourth-order valence-corrected chi connectivity index (χ4v) is 2.41. The molecule has 1 aromatic rings. The fraction of sp³-hybridized carbons (Fsp3) is 0.583. The van der Waals surface area contributed by atoms with Gasteiger partial charge in [-0.3, -0.25) is 4.99 Å². The standard InChI is InChI=1S/C12H22ClN5O2S.HI/c1-4-15-12(16-5-6-21(14,19)20)18(3)9-11-7-10(13)8-17(11)2;/h7-8H,4-6,9H2,1-3H3,(H,15,16)(H2,14,19,20);1H. The predicted octanol–water partition coefficient (Wildman–Crippen LogP) is 0.982. The number of primary sulfonamides is 1. The van der Waals surface area contributed by atoms with Crippen LogP contribution in [0.25, 0.3) is 0 Å². The van der Waals surface area contributed by atoms with Gasteiger partial charge in [0.25, 0.3) is 0 Å². The second kappa shape index (κ2) is 9.58. The van der Waals surface area contributed by atoms with Gasteiger partial charge >= 0.3 is 0 Å². The molecule has 0 unspecified atom stereocenters. The fourth-order valence-electron chi connectivity index (χ4n) is 1.79. The van der Waals surface area contributed by atoms with E-state index < -0.39 is 10.0 Å². The van der Waals surface area contributed by atoms with Crippen LogP contribution in [0.5, 0.6) is 0 Å². The third-order valence-corrected chi connectivity index (χ3v) is 3.77. The summed E-state index contributed by atoms with van der Waals surface area (Å²) in [5.74, 6) is 0.449. The van der Waals surface area contributed by atoms with Crippen molar-refractivity contribution in [1.29, 1.82) is 0 Å². The number of hydrogen-bond donors (Lipinski definition) is 2. The Hall–Kier alpha value is -0.520. The molecule has 0 aliphatic heterocycles. The molecule has 0 saturated carbocycles. The number of halogens is 2. The molecule has 0 amide bonds. The van der Waals surface area contributed by atoms with Crippen molar-refractivity contribution in [3.63, 3.8) is 0 Å². The van der Waals surface area contributed by atoms with E-state index in [9.17, 15) is 8.42 Å². The molecule has 0 aliphatic carbocycles. The second-order valence-corrected chi connectivity index (χ2v) is 6.89. The number of aryl methyl sites for hydroxylation is 1. The number of aliphatic imine (C=N–C) groups is 1. The average Bonchev–Trinajstić information content (AvgIpc) is 2.65. The quantitative estimate of drug-likeness (QED) is 0.374. The third kappa shape index (κ3) is 7.65. The van der Waals surface area contributed by atoms with E-state index in [1.54, 1.807) is 0 Å². The molecule has 22 heavy (non-hydrogen) atoms. The summed E-state index contributed by atoms with van der Waals surface area (Å²) in [5, 5.41) is 8.76. The van der Waals surface area contributed by atoms with Gasteiger partial charge < -0.3 is 14.8 Å². The lowest BCUT2D eigenvalue weighted by Gasteiger charge is -2.22. The largest absolute Gasteiger partial charge is 0.357 e. The number of guanidine groups is 1. The zero-order valence-electron chi connectivity index (χ0n) is 12.9.